The van der Waals surface area contributed by atoms with Gasteiger partial charge in [0.2, 0.25) is 0 Å². The molecule has 0 spiro atoms. The van der Waals surface area contributed by atoms with Crippen LogP contribution in [-0.4, -0.2) is 11.9 Å². The summed E-state index contributed by atoms with van der Waals surface area (Å²) in [6.45, 7) is 2.20. The average molecular weight is 324 g/mol. The van der Waals surface area contributed by atoms with Crippen molar-refractivity contribution in [1.82, 2.24) is 0 Å². The van der Waals surface area contributed by atoms with E-state index in [4.69, 9.17) is 9.47 Å². The third-order valence-corrected chi connectivity index (χ3v) is 4.46. The minimum atomic E-state index is -1.14. The second-order valence-corrected chi connectivity index (χ2v) is 6.20. The van der Waals surface area contributed by atoms with Crippen molar-refractivity contribution in [2.75, 3.05) is 0 Å². The lowest BCUT2D eigenvalue weighted by atomic mass is 10.1. The van der Waals surface area contributed by atoms with E-state index in [1.54, 1.807) is 0 Å². The van der Waals surface area contributed by atoms with Crippen LogP contribution in [0.1, 0.15) is 24.5 Å². The average Bonchev–Trinajstić information content (AvgIpc) is 3.32. The van der Waals surface area contributed by atoms with Gasteiger partial charge >= 0.3 is 11.9 Å². The number of esters is 2. The molecular weight excluding hydrogens is 304 g/mol. The first-order valence-electron chi connectivity index (χ1n) is 8.05. The van der Waals surface area contributed by atoms with Crippen LogP contribution in [0.2, 0.25) is 0 Å². The molecule has 0 saturated heterocycles. The largest absolute Gasteiger partial charge is 0.460 e. The van der Waals surface area contributed by atoms with Gasteiger partial charge in [0.05, 0.1) is 0 Å². The second-order valence-electron chi connectivity index (χ2n) is 6.20. The van der Waals surface area contributed by atoms with Crippen LogP contribution >= 0.6 is 0 Å². The molecule has 24 heavy (non-hydrogen) atoms. The van der Waals surface area contributed by atoms with E-state index >= 15 is 0 Å². The summed E-state index contributed by atoms with van der Waals surface area (Å²) in [5.41, 5.74) is 0.655. The van der Waals surface area contributed by atoms with Crippen LogP contribution in [0.4, 0.5) is 0 Å². The van der Waals surface area contributed by atoms with Crippen LogP contribution in [0.15, 0.2) is 60.7 Å². The van der Waals surface area contributed by atoms with Gasteiger partial charge in [-0.2, -0.15) is 0 Å². The first-order chi connectivity index (χ1) is 11.6. The molecule has 0 bridgehead atoms. The Kier molecular flexibility index (Phi) is 4.65. The molecule has 0 unspecified atom stereocenters. The Bertz CT molecular complexity index is 653. The van der Waals surface area contributed by atoms with Crippen molar-refractivity contribution in [3.05, 3.63) is 71.8 Å². The van der Waals surface area contributed by atoms with Gasteiger partial charge in [0, 0.05) is 0 Å². The Morgan fingerprint density at radius 3 is 1.58 bits per heavy atom. The van der Waals surface area contributed by atoms with E-state index in [0.717, 1.165) is 11.1 Å². The molecule has 0 aromatic heterocycles. The molecule has 1 atom stereocenters. The van der Waals surface area contributed by atoms with E-state index in [2.05, 4.69) is 0 Å². The predicted octanol–water partition coefficient (Wildman–Crippen LogP) is 3.50. The molecule has 0 N–H and O–H groups in total. The number of ether oxygens (including phenoxy) is 2. The summed E-state index contributed by atoms with van der Waals surface area (Å²) in [5.74, 6) is -1.03. The monoisotopic (exact) mass is 324 g/mol. The number of rotatable bonds is 6. The fourth-order valence-corrected chi connectivity index (χ4v) is 2.78. The van der Waals surface area contributed by atoms with E-state index in [1.165, 1.54) is 0 Å². The Morgan fingerprint density at radius 2 is 1.25 bits per heavy atom. The van der Waals surface area contributed by atoms with Crippen LogP contribution in [0, 0.1) is 11.3 Å². The van der Waals surface area contributed by atoms with Gasteiger partial charge in [0.25, 0.3) is 0 Å². The Hall–Kier alpha value is -2.62. The number of carbonyl (C=O) groups excluding carboxylic acids is 2. The van der Waals surface area contributed by atoms with Gasteiger partial charge in [-0.3, -0.25) is 9.59 Å². The maximum absolute atomic E-state index is 12.4. The van der Waals surface area contributed by atoms with Crippen LogP contribution < -0.4 is 0 Å². The molecule has 3 rings (SSSR count). The molecule has 1 aliphatic carbocycles. The maximum atomic E-state index is 12.4. The van der Waals surface area contributed by atoms with Crippen molar-refractivity contribution >= 4 is 11.9 Å². The minimum absolute atomic E-state index is 0.0518. The second kappa shape index (κ2) is 6.87. The van der Waals surface area contributed by atoms with Crippen LogP contribution in [0.25, 0.3) is 0 Å². The van der Waals surface area contributed by atoms with E-state index < -0.39 is 17.4 Å². The van der Waals surface area contributed by atoms with Gasteiger partial charge in [-0.1, -0.05) is 67.6 Å². The molecule has 4 heteroatoms. The summed E-state index contributed by atoms with van der Waals surface area (Å²) >= 11 is 0. The Balaban J connectivity index is 1.59. The molecule has 1 aliphatic rings. The van der Waals surface area contributed by atoms with Crippen LogP contribution in [0.5, 0.6) is 0 Å². The maximum Gasteiger partial charge on any atom is 0.324 e. The standard InChI is InChI=1S/C20H20O4/c1-15-12-20(15,18(21)23-13-16-8-4-2-5-9-16)19(22)24-14-17-10-6-3-7-11-17/h2-11,15H,12-14H2,1H3/t15-/m0/s1. The predicted molar refractivity (Wildman–Crippen MR) is 88.7 cm³/mol. The normalized spacial score (nSPS) is 17.8. The van der Waals surface area contributed by atoms with Crippen LogP contribution in [0.3, 0.4) is 0 Å². The highest BCUT2D eigenvalue weighted by Crippen LogP contribution is 2.54. The number of carbonyl (C=O) groups is 2. The van der Waals surface area contributed by atoms with Gasteiger partial charge in [-0.15, -0.1) is 0 Å². The van der Waals surface area contributed by atoms with Gasteiger partial charge in [-0.25, -0.2) is 0 Å². The quantitative estimate of drug-likeness (QED) is 0.603. The molecule has 4 nitrogen and oxygen atoms in total. The number of hydrogen-bond acceptors (Lipinski definition) is 4. The van der Waals surface area contributed by atoms with E-state index in [1.807, 2.05) is 67.6 Å². The molecule has 0 radical (unpaired) electrons. The Morgan fingerprint density at radius 1 is 0.875 bits per heavy atom. The van der Waals surface area contributed by atoms with Gasteiger partial charge < -0.3 is 9.47 Å². The molecule has 1 fully saturated rings. The van der Waals surface area contributed by atoms with Crippen molar-refractivity contribution in [3.63, 3.8) is 0 Å². The minimum Gasteiger partial charge on any atom is -0.460 e. The third-order valence-electron chi connectivity index (χ3n) is 4.46. The van der Waals surface area contributed by atoms with Crippen molar-refractivity contribution in [2.45, 2.75) is 26.6 Å². The molecule has 124 valence electrons. The topological polar surface area (TPSA) is 52.6 Å². The van der Waals surface area contributed by atoms with Crippen molar-refractivity contribution in [3.8, 4) is 0 Å². The van der Waals surface area contributed by atoms with Gasteiger partial charge in [0.15, 0.2) is 5.41 Å². The smallest absolute Gasteiger partial charge is 0.324 e. The summed E-state index contributed by atoms with van der Waals surface area (Å²) in [4.78, 5) is 24.9. The summed E-state index contributed by atoms with van der Waals surface area (Å²) in [6.07, 6.45) is 0.480. The van der Waals surface area contributed by atoms with Gasteiger partial charge in [0.1, 0.15) is 13.2 Å². The van der Waals surface area contributed by atoms with E-state index in [-0.39, 0.29) is 19.1 Å². The molecule has 2 aromatic rings. The van der Waals surface area contributed by atoms with Crippen molar-refractivity contribution in [2.24, 2.45) is 11.3 Å². The van der Waals surface area contributed by atoms with Gasteiger partial charge in [-0.05, 0) is 23.5 Å². The summed E-state index contributed by atoms with van der Waals surface area (Å²) in [7, 11) is 0. The van der Waals surface area contributed by atoms with E-state index in [0.29, 0.717) is 6.42 Å². The third kappa shape index (κ3) is 3.32. The molecular formula is C20H20O4. The van der Waals surface area contributed by atoms with E-state index in [9.17, 15) is 9.59 Å². The highest BCUT2D eigenvalue weighted by molar-refractivity contribution is 6.03. The van der Waals surface area contributed by atoms with Crippen LogP contribution in [-0.2, 0) is 32.3 Å². The number of hydrogen-bond donors (Lipinski definition) is 0. The molecule has 0 heterocycles. The lowest BCUT2D eigenvalue weighted by Crippen LogP contribution is -2.31. The summed E-state index contributed by atoms with van der Waals surface area (Å²) < 4.78 is 10.7. The highest BCUT2D eigenvalue weighted by atomic mass is 16.6. The molecule has 0 aliphatic heterocycles. The highest BCUT2D eigenvalue weighted by Gasteiger charge is 2.66. The zero-order valence-electron chi connectivity index (χ0n) is 13.6. The molecule has 2 aromatic carbocycles. The first-order valence-corrected chi connectivity index (χ1v) is 8.05. The zero-order valence-corrected chi connectivity index (χ0v) is 13.6. The first kappa shape index (κ1) is 16.2. The van der Waals surface area contributed by atoms with Crippen molar-refractivity contribution in [1.29, 1.82) is 0 Å². The fourth-order valence-electron chi connectivity index (χ4n) is 2.78. The fraction of sp³-hybridized carbons (Fsp3) is 0.300. The zero-order chi connectivity index (χ0) is 17.0. The SMILES string of the molecule is C[C@H]1CC1(C(=O)OCc1ccccc1)C(=O)OCc1ccccc1. The lowest BCUT2D eigenvalue weighted by molar-refractivity contribution is -0.167. The molecule has 1 saturated carbocycles. The summed E-state index contributed by atoms with van der Waals surface area (Å²) in [6, 6.07) is 18.8. The van der Waals surface area contributed by atoms with Crippen molar-refractivity contribution < 1.29 is 19.1 Å². The summed E-state index contributed by atoms with van der Waals surface area (Å²) in [5, 5.41) is 0. The Labute approximate surface area is 141 Å². The molecule has 0 amide bonds. The lowest BCUT2D eigenvalue weighted by Gasteiger charge is -2.15. The number of benzene rings is 2.